The van der Waals surface area contributed by atoms with Gasteiger partial charge in [0, 0.05) is 49.9 Å². The van der Waals surface area contributed by atoms with Crippen molar-refractivity contribution in [3.63, 3.8) is 0 Å². The molecule has 0 saturated carbocycles. The van der Waals surface area contributed by atoms with Crippen molar-refractivity contribution >= 4 is 16.8 Å². The molecule has 1 aromatic carbocycles. The number of carbonyl (C=O) groups excluding carboxylic acids is 1. The standard InChI is InChI=1S/C21H20N6O2/c1-26-17-5-3-2-4-16(17)19(24-26)21(28)27-11-8-14(13-27)12-18-23-20(29-25-18)15-6-9-22-10-7-15/h2-7,9-10,14H,8,11-13H2,1H3. The third-order valence-electron chi connectivity index (χ3n) is 5.40. The summed E-state index contributed by atoms with van der Waals surface area (Å²) in [6.45, 7) is 1.38. The van der Waals surface area contributed by atoms with E-state index in [0.29, 0.717) is 42.8 Å². The van der Waals surface area contributed by atoms with Crippen molar-refractivity contribution in [3.8, 4) is 11.5 Å². The van der Waals surface area contributed by atoms with Crippen LogP contribution >= 0.6 is 0 Å². The molecule has 29 heavy (non-hydrogen) atoms. The molecule has 3 aromatic heterocycles. The largest absolute Gasteiger partial charge is 0.337 e. The minimum atomic E-state index is -0.0186. The number of pyridine rings is 1. The summed E-state index contributed by atoms with van der Waals surface area (Å²) in [7, 11) is 1.86. The molecule has 0 spiro atoms. The first-order chi connectivity index (χ1) is 14.2. The Bertz CT molecular complexity index is 1170. The number of hydrogen-bond donors (Lipinski definition) is 0. The van der Waals surface area contributed by atoms with E-state index in [9.17, 15) is 4.79 Å². The minimum Gasteiger partial charge on any atom is -0.337 e. The van der Waals surface area contributed by atoms with E-state index < -0.39 is 0 Å². The van der Waals surface area contributed by atoms with Crippen LogP contribution in [-0.4, -0.2) is 48.8 Å². The summed E-state index contributed by atoms with van der Waals surface area (Å²) in [6, 6.07) is 11.5. The van der Waals surface area contributed by atoms with Gasteiger partial charge in [-0.15, -0.1) is 0 Å². The summed E-state index contributed by atoms with van der Waals surface area (Å²) in [4.78, 5) is 23.4. The number of benzene rings is 1. The van der Waals surface area contributed by atoms with E-state index >= 15 is 0 Å². The van der Waals surface area contributed by atoms with Gasteiger partial charge in [-0.05, 0) is 30.5 Å². The van der Waals surface area contributed by atoms with Gasteiger partial charge in [0.1, 0.15) is 0 Å². The number of aryl methyl sites for hydroxylation is 1. The summed E-state index contributed by atoms with van der Waals surface area (Å²) >= 11 is 0. The first-order valence-electron chi connectivity index (χ1n) is 9.63. The number of carbonyl (C=O) groups is 1. The molecule has 8 nitrogen and oxygen atoms in total. The average Bonchev–Trinajstić information content (AvgIpc) is 3.49. The molecule has 1 aliphatic rings. The molecule has 1 amide bonds. The fourth-order valence-corrected chi connectivity index (χ4v) is 3.91. The van der Waals surface area contributed by atoms with Gasteiger partial charge in [-0.1, -0.05) is 23.4 Å². The molecule has 1 saturated heterocycles. The van der Waals surface area contributed by atoms with Gasteiger partial charge in [0.05, 0.1) is 5.52 Å². The van der Waals surface area contributed by atoms with Crippen molar-refractivity contribution in [2.75, 3.05) is 13.1 Å². The maximum atomic E-state index is 13.1. The zero-order valence-electron chi connectivity index (χ0n) is 16.0. The fraction of sp³-hybridized carbons (Fsp3) is 0.286. The van der Waals surface area contributed by atoms with Crippen LogP contribution in [0.15, 0.2) is 53.3 Å². The number of para-hydroxylation sites is 1. The Kier molecular flexibility index (Phi) is 4.31. The fourth-order valence-electron chi connectivity index (χ4n) is 3.91. The Balaban J connectivity index is 1.28. The van der Waals surface area contributed by atoms with Crippen molar-refractivity contribution in [1.82, 2.24) is 29.8 Å². The molecule has 146 valence electrons. The van der Waals surface area contributed by atoms with Gasteiger partial charge in [-0.25, -0.2) is 0 Å². The van der Waals surface area contributed by atoms with Crippen LogP contribution in [-0.2, 0) is 13.5 Å². The second kappa shape index (κ2) is 7.12. The molecule has 8 heteroatoms. The van der Waals surface area contributed by atoms with Crippen molar-refractivity contribution in [1.29, 1.82) is 0 Å². The maximum absolute atomic E-state index is 13.1. The van der Waals surface area contributed by atoms with Crippen molar-refractivity contribution < 1.29 is 9.32 Å². The molecule has 0 radical (unpaired) electrons. The summed E-state index contributed by atoms with van der Waals surface area (Å²) in [5.41, 5.74) is 2.33. The van der Waals surface area contributed by atoms with E-state index in [4.69, 9.17) is 4.52 Å². The van der Waals surface area contributed by atoms with Gasteiger partial charge in [-0.3, -0.25) is 14.5 Å². The molecule has 0 N–H and O–H groups in total. The van der Waals surface area contributed by atoms with Crippen LogP contribution in [0.25, 0.3) is 22.4 Å². The zero-order chi connectivity index (χ0) is 19.8. The Morgan fingerprint density at radius 2 is 2.03 bits per heavy atom. The highest BCUT2D eigenvalue weighted by atomic mass is 16.5. The predicted molar refractivity (Wildman–Crippen MR) is 106 cm³/mol. The third-order valence-corrected chi connectivity index (χ3v) is 5.40. The van der Waals surface area contributed by atoms with Crippen LogP contribution in [0.4, 0.5) is 0 Å². The molecule has 1 atom stereocenters. The Morgan fingerprint density at radius 1 is 1.21 bits per heavy atom. The molecule has 4 heterocycles. The monoisotopic (exact) mass is 388 g/mol. The molecule has 1 aliphatic heterocycles. The Morgan fingerprint density at radius 3 is 2.90 bits per heavy atom. The molecular weight excluding hydrogens is 368 g/mol. The van der Waals surface area contributed by atoms with Crippen molar-refractivity contribution in [2.45, 2.75) is 12.8 Å². The molecule has 1 unspecified atom stereocenters. The van der Waals surface area contributed by atoms with E-state index in [2.05, 4.69) is 20.2 Å². The predicted octanol–water partition coefficient (Wildman–Crippen LogP) is 2.72. The van der Waals surface area contributed by atoms with Gasteiger partial charge in [-0.2, -0.15) is 10.1 Å². The highest BCUT2D eigenvalue weighted by molar-refractivity contribution is 6.04. The zero-order valence-corrected chi connectivity index (χ0v) is 16.0. The SMILES string of the molecule is Cn1nc(C(=O)N2CCC(Cc3noc(-c4ccncc4)n3)C2)c2ccccc21. The summed E-state index contributed by atoms with van der Waals surface area (Å²) in [5.74, 6) is 1.44. The van der Waals surface area contributed by atoms with Gasteiger partial charge < -0.3 is 9.42 Å². The van der Waals surface area contributed by atoms with E-state index in [1.807, 2.05) is 48.3 Å². The lowest BCUT2D eigenvalue weighted by Gasteiger charge is -2.15. The maximum Gasteiger partial charge on any atom is 0.275 e. The smallest absolute Gasteiger partial charge is 0.275 e. The van der Waals surface area contributed by atoms with E-state index in [1.54, 1.807) is 17.1 Å². The summed E-state index contributed by atoms with van der Waals surface area (Å²) in [6.07, 6.45) is 4.99. The second-order valence-corrected chi connectivity index (χ2v) is 7.35. The highest BCUT2D eigenvalue weighted by Gasteiger charge is 2.30. The van der Waals surface area contributed by atoms with Gasteiger partial charge in [0.25, 0.3) is 11.8 Å². The summed E-state index contributed by atoms with van der Waals surface area (Å²) < 4.78 is 7.13. The van der Waals surface area contributed by atoms with Crippen LogP contribution < -0.4 is 0 Å². The van der Waals surface area contributed by atoms with Gasteiger partial charge >= 0.3 is 0 Å². The molecule has 1 fully saturated rings. The van der Waals surface area contributed by atoms with Crippen molar-refractivity contribution in [2.24, 2.45) is 13.0 Å². The number of hydrogen-bond acceptors (Lipinski definition) is 6. The van der Waals surface area contributed by atoms with Gasteiger partial charge in [0.2, 0.25) is 0 Å². The van der Waals surface area contributed by atoms with Crippen LogP contribution in [0.5, 0.6) is 0 Å². The van der Waals surface area contributed by atoms with Crippen LogP contribution in [0.2, 0.25) is 0 Å². The van der Waals surface area contributed by atoms with E-state index in [1.165, 1.54) is 0 Å². The average molecular weight is 388 g/mol. The number of rotatable bonds is 4. The molecule has 0 aliphatic carbocycles. The minimum absolute atomic E-state index is 0.0186. The van der Waals surface area contributed by atoms with E-state index in [0.717, 1.165) is 22.9 Å². The quantitative estimate of drug-likeness (QED) is 0.534. The van der Waals surface area contributed by atoms with Crippen LogP contribution in [0.1, 0.15) is 22.7 Å². The molecule has 0 bridgehead atoms. The molecular formula is C21H20N6O2. The first kappa shape index (κ1) is 17.5. The van der Waals surface area contributed by atoms with Gasteiger partial charge in [0.15, 0.2) is 11.5 Å². The highest BCUT2D eigenvalue weighted by Crippen LogP contribution is 2.25. The first-order valence-corrected chi connectivity index (χ1v) is 9.63. The second-order valence-electron chi connectivity index (χ2n) is 7.35. The van der Waals surface area contributed by atoms with Crippen LogP contribution in [0.3, 0.4) is 0 Å². The lowest BCUT2D eigenvalue weighted by Crippen LogP contribution is -2.29. The Hall–Kier alpha value is -3.55. The third kappa shape index (κ3) is 3.26. The Labute approximate surface area is 167 Å². The number of nitrogens with zero attached hydrogens (tertiary/aromatic N) is 6. The molecule has 4 aromatic rings. The number of likely N-dealkylation sites (tertiary alicyclic amines) is 1. The topological polar surface area (TPSA) is 89.9 Å². The number of fused-ring (bicyclic) bond motifs is 1. The number of amides is 1. The lowest BCUT2D eigenvalue weighted by molar-refractivity contribution is 0.0782. The molecule has 5 rings (SSSR count). The lowest BCUT2D eigenvalue weighted by atomic mass is 10.1. The number of aromatic nitrogens is 5. The van der Waals surface area contributed by atoms with E-state index in [-0.39, 0.29) is 5.91 Å². The van der Waals surface area contributed by atoms with Crippen molar-refractivity contribution in [3.05, 3.63) is 60.3 Å². The summed E-state index contributed by atoms with van der Waals surface area (Å²) in [5, 5.41) is 9.46. The van der Waals surface area contributed by atoms with Crippen LogP contribution in [0, 0.1) is 5.92 Å². The normalized spacial score (nSPS) is 16.6.